The van der Waals surface area contributed by atoms with Gasteiger partial charge in [-0.05, 0) is 12.3 Å². The van der Waals surface area contributed by atoms with E-state index in [0.717, 1.165) is 0 Å². The van der Waals surface area contributed by atoms with E-state index in [1.54, 1.807) is 0 Å². The summed E-state index contributed by atoms with van der Waals surface area (Å²) >= 11 is 0. The molecule has 2 bridgehead atoms. The lowest BCUT2D eigenvalue weighted by Crippen LogP contribution is -2.25. The van der Waals surface area contributed by atoms with E-state index in [-0.39, 0.29) is 35.6 Å². The van der Waals surface area contributed by atoms with Crippen molar-refractivity contribution in [1.29, 1.82) is 0 Å². The van der Waals surface area contributed by atoms with Crippen molar-refractivity contribution in [3.63, 3.8) is 0 Å². The van der Waals surface area contributed by atoms with E-state index in [1.807, 2.05) is 12.2 Å². The van der Waals surface area contributed by atoms with Crippen molar-refractivity contribution < 1.29 is 19.1 Å². The minimum atomic E-state index is -0.222. The van der Waals surface area contributed by atoms with Gasteiger partial charge < -0.3 is 9.47 Å². The summed E-state index contributed by atoms with van der Waals surface area (Å²) < 4.78 is 9.47. The highest BCUT2D eigenvalue weighted by Gasteiger charge is 2.51. The molecule has 2 aliphatic carbocycles. The summed E-state index contributed by atoms with van der Waals surface area (Å²) in [5.74, 6) is -0.684. The average molecular weight is 210 g/mol. The van der Waals surface area contributed by atoms with Crippen LogP contribution in [0.1, 0.15) is 6.42 Å². The van der Waals surface area contributed by atoms with Gasteiger partial charge in [-0.3, -0.25) is 9.59 Å². The normalized spacial score (nSPS) is 36.7. The van der Waals surface area contributed by atoms with Crippen molar-refractivity contribution in [2.45, 2.75) is 6.42 Å². The Morgan fingerprint density at radius 3 is 2.40 bits per heavy atom. The predicted octanol–water partition coefficient (Wildman–Crippen LogP) is 0.771. The number of carbonyl (C=O) groups is 2. The topological polar surface area (TPSA) is 52.6 Å². The fourth-order valence-electron chi connectivity index (χ4n) is 2.73. The standard InChI is InChI=1S/C11H14O4/c1-14-10(12)8-5-6-3-4-7(8)9(6)11(13)15-2/h3-4,6-9H,5H2,1-2H3. The molecule has 2 rings (SSSR count). The molecule has 1 saturated carbocycles. The van der Waals surface area contributed by atoms with Crippen LogP contribution in [0.2, 0.25) is 0 Å². The zero-order chi connectivity index (χ0) is 11.0. The number of methoxy groups -OCH3 is 2. The van der Waals surface area contributed by atoms with Crippen molar-refractivity contribution in [2.24, 2.45) is 23.7 Å². The Morgan fingerprint density at radius 2 is 1.80 bits per heavy atom. The first-order chi connectivity index (χ1) is 7.19. The minimum absolute atomic E-state index is 0.0325. The second-order valence-electron chi connectivity index (χ2n) is 4.04. The van der Waals surface area contributed by atoms with Crippen molar-refractivity contribution in [2.75, 3.05) is 14.2 Å². The molecule has 0 aromatic heterocycles. The van der Waals surface area contributed by atoms with Gasteiger partial charge in [0.25, 0.3) is 0 Å². The molecule has 4 nitrogen and oxygen atoms in total. The quantitative estimate of drug-likeness (QED) is 0.499. The summed E-state index contributed by atoms with van der Waals surface area (Å²) in [6.45, 7) is 0. The van der Waals surface area contributed by atoms with Gasteiger partial charge in [0.15, 0.2) is 0 Å². The predicted molar refractivity (Wildman–Crippen MR) is 51.7 cm³/mol. The van der Waals surface area contributed by atoms with Gasteiger partial charge in [-0.15, -0.1) is 0 Å². The summed E-state index contributed by atoms with van der Waals surface area (Å²) in [6.07, 6.45) is 4.65. The molecule has 1 fully saturated rings. The third kappa shape index (κ3) is 1.44. The second kappa shape index (κ2) is 3.68. The van der Waals surface area contributed by atoms with Gasteiger partial charge in [0.1, 0.15) is 0 Å². The van der Waals surface area contributed by atoms with Gasteiger partial charge in [0.05, 0.1) is 26.1 Å². The van der Waals surface area contributed by atoms with Crippen molar-refractivity contribution in [3.8, 4) is 0 Å². The Kier molecular flexibility index (Phi) is 2.50. The van der Waals surface area contributed by atoms with E-state index in [4.69, 9.17) is 9.47 Å². The first-order valence-electron chi connectivity index (χ1n) is 5.03. The van der Waals surface area contributed by atoms with Crippen LogP contribution in [0.15, 0.2) is 12.2 Å². The average Bonchev–Trinajstić information content (AvgIpc) is 2.83. The Morgan fingerprint density at radius 1 is 1.13 bits per heavy atom. The molecule has 0 radical (unpaired) electrons. The molecular formula is C11H14O4. The van der Waals surface area contributed by atoms with E-state index in [2.05, 4.69) is 0 Å². The maximum Gasteiger partial charge on any atom is 0.309 e. The van der Waals surface area contributed by atoms with Crippen LogP contribution >= 0.6 is 0 Å². The lowest BCUT2D eigenvalue weighted by atomic mass is 9.91. The number of rotatable bonds is 2. The maximum atomic E-state index is 11.5. The monoisotopic (exact) mass is 210 g/mol. The molecule has 2 aliphatic rings. The molecule has 0 N–H and O–H groups in total. The van der Waals surface area contributed by atoms with E-state index in [1.165, 1.54) is 14.2 Å². The number of allylic oxidation sites excluding steroid dienone is 2. The number of fused-ring (bicyclic) bond motifs is 2. The van der Waals surface area contributed by atoms with Crippen LogP contribution < -0.4 is 0 Å². The van der Waals surface area contributed by atoms with Crippen LogP contribution in [-0.2, 0) is 19.1 Å². The second-order valence-corrected chi connectivity index (χ2v) is 4.04. The van der Waals surface area contributed by atoms with Crippen LogP contribution in [0.4, 0.5) is 0 Å². The third-order valence-corrected chi connectivity index (χ3v) is 3.42. The maximum absolute atomic E-state index is 11.5. The smallest absolute Gasteiger partial charge is 0.309 e. The SMILES string of the molecule is COC(=O)C1CC2C=CC1C2C(=O)OC. The number of hydrogen-bond donors (Lipinski definition) is 0. The molecule has 82 valence electrons. The molecular weight excluding hydrogens is 196 g/mol. The molecule has 4 atom stereocenters. The molecule has 0 spiro atoms. The van der Waals surface area contributed by atoms with Gasteiger partial charge in [-0.25, -0.2) is 0 Å². The number of esters is 2. The van der Waals surface area contributed by atoms with Crippen molar-refractivity contribution in [3.05, 3.63) is 12.2 Å². The number of hydrogen-bond acceptors (Lipinski definition) is 4. The summed E-state index contributed by atoms with van der Waals surface area (Å²) in [6, 6.07) is 0. The molecule has 0 amide bonds. The van der Waals surface area contributed by atoms with Crippen LogP contribution in [0.3, 0.4) is 0 Å². The van der Waals surface area contributed by atoms with Gasteiger partial charge in [0.2, 0.25) is 0 Å². The zero-order valence-corrected chi connectivity index (χ0v) is 8.80. The van der Waals surface area contributed by atoms with E-state index >= 15 is 0 Å². The van der Waals surface area contributed by atoms with Gasteiger partial charge >= 0.3 is 11.9 Å². The van der Waals surface area contributed by atoms with Crippen LogP contribution in [0, 0.1) is 23.7 Å². The molecule has 4 unspecified atom stereocenters. The Labute approximate surface area is 88.2 Å². The molecule has 0 saturated heterocycles. The lowest BCUT2D eigenvalue weighted by molar-refractivity contribution is -0.148. The Hall–Kier alpha value is -1.32. The van der Waals surface area contributed by atoms with E-state index < -0.39 is 0 Å². The largest absolute Gasteiger partial charge is 0.469 e. The van der Waals surface area contributed by atoms with Crippen molar-refractivity contribution in [1.82, 2.24) is 0 Å². The van der Waals surface area contributed by atoms with Crippen LogP contribution in [-0.4, -0.2) is 26.2 Å². The first kappa shape index (κ1) is 10.2. The molecule has 15 heavy (non-hydrogen) atoms. The first-order valence-corrected chi connectivity index (χ1v) is 5.03. The van der Waals surface area contributed by atoms with Gasteiger partial charge in [0, 0.05) is 5.92 Å². The van der Waals surface area contributed by atoms with Gasteiger partial charge in [-0.1, -0.05) is 12.2 Å². The summed E-state index contributed by atoms with van der Waals surface area (Å²) in [5, 5.41) is 0. The highest BCUT2D eigenvalue weighted by molar-refractivity contribution is 5.80. The Bertz CT molecular complexity index is 321. The highest BCUT2D eigenvalue weighted by Crippen LogP contribution is 2.49. The summed E-state index contributed by atoms with van der Waals surface area (Å²) in [4.78, 5) is 23.0. The number of ether oxygens (including phenoxy) is 2. The van der Waals surface area contributed by atoms with Crippen LogP contribution in [0.25, 0.3) is 0 Å². The highest BCUT2D eigenvalue weighted by atomic mass is 16.5. The minimum Gasteiger partial charge on any atom is -0.469 e. The van der Waals surface area contributed by atoms with Crippen LogP contribution in [0.5, 0.6) is 0 Å². The summed E-state index contributed by atoms with van der Waals surface area (Å²) in [5.41, 5.74) is 0. The fraction of sp³-hybridized carbons (Fsp3) is 0.636. The molecule has 4 heteroatoms. The third-order valence-electron chi connectivity index (χ3n) is 3.42. The Balaban J connectivity index is 2.16. The summed E-state index contributed by atoms with van der Waals surface area (Å²) in [7, 11) is 2.76. The molecule has 0 aromatic rings. The lowest BCUT2D eigenvalue weighted by Gasteiger charge is -2.16. The number of carbonyl (C=O) groups excluding carboxylic acids is 2. The molecule has 0 aliphatic heterocycles. The van der Waals surface area contributed by atoms with E-state index in [9.17, 15) is 9.59 Å². The molecule has 0 heterocycles. The van der Waals surface area contributed by atoms with Gasteiger partial charge in [-0.2, -0.15) is 0 Å². The zero-order valence-electron chi connectivity index (χ0n) is 8.80. The molecule has 0 aromatic carbocycles. The van der Waals surface area contributed by atoms with E-state index in [0.29, 0.717) is 6.42 Å². The van der Waals surface area contributed by atoms with Crippen molar-refractivity contribution >= 4 is 11.9 Å². The fourth-order valence-corrected chi connectivity index (χ4v) is 2.73.